The van der Waals surface area contributed by atoms with Crippen LogP contribution in [0.4, 0.5) is 5.82 Å². The summed E-state index contributed by atoms with van der Waals surface area (Å²) >= 11 is 7.07. The predicted molar refractivity (Wildman–Crippen MR) is 148 cm³/mol. The number of esters is 1. The predicted octanol–water partition coefficient (Wildman–Crippen LogP) is 2.72. The van der Waals surface area contributed by atoms with Crippen molar-refractivity contribution >= 4 is 40.9 Å². The van der Waals surface area contributed by atoms with Gasteiger partial charge in [-0.3, -0.25) is 19.0 Å². The van der Waals surface area contributed by atoms with Gasteiger partial charge in [-0.1, -0.05) is 53.7 Å². The maximum atomic E-state index is 13.4. The minimum Gasteiger partial charge on any atom is -0.468 e. The Bertz CT molecular complexity index is 1630. The second kappa shape index (κ2) is 12.1. The molecule has 2 N–H and O–H groups in total. The van der Waals surface area contributed by atoms with Crippen LogP contribution in [0.3, 0.4) is 0 Å². The van der Waals surface area contributed by atoms with Crippen LogP contribution >= 0.6 is 23.4 Å². The lowest BCUT2D eigenvalue weighted by atomic mass is 10.2. The Hall–Kier alpha value is -4.16. The van der Waals surface area contributed by atoms with Crippen molar-refractivity contribution in [3.05, 3.63) is 91.6 Å². The van der Waals surface area contributed by atoms with E-state index in [1.807, 2.05) is 29.7 Å². The Morgan fingerprint density at radius 1 is 1.00 bits per heavy atom. The Morgan fingerprint density at radius 2 is 1.69 bits per heavy atom. The summed E-state index contributed by atoms with van der Waals surface area (Å²) in [5, 5.41) is 9.51. The maximum absolute atomic E-state index is 13.4. The molecule has 0 bridgehead atoms. The first-order chi connectivity index (χ1) is 18.7. The number of hydrogen-bond acceptors (Lipinski definition) is 9. The number of rotatable bonds is 10. The van der Waals surface area contributed by atoms with E-state index in [1.165, 1.54) is 0 Å². The van der Waals surface area contributed by atoms with Crippen LogP contribution in [-0.2, 0) is 29.2 Å². The Labute approximate surface area is 232 Å². The first-order valence-electron chi connectivity index (χ1n) is 11.8. The number of aromatic nitrogens is 5. The van der Waals surface area contributed by atoms with Crippen molar-refractivity contribution in [3.8, 4) is 11.4 Å². The van der Waals surface area contributed by atoms with Crippen molar-refractivity contribution in [2.45, 2.75) is 31.7 Å². The third-order valence-electron chi connectivity index (χ3n) is 5.91. The van der Waals surface area contributed by atoms with Crippen molar-refractivity contribution in [3.63, 3.8) is 0 Å². The minimum absolute atomic E-state index is 0.00497. The molecule has 0 amide bonds. The molecule has 4 rings (SSSR count). The number of benzene rings is 2. The van der Waals surface area contributed by atoms with Crippen LogP contribution in [0.5, 0.6) is 0 Å². The lowest BCUT2D eigenvalue weighted by Gasteiger charge is -2.16. The minimum atomic E-state index is -0.961. The van der Waals surface area contributed by atoms with Crippen molar-refractivity contribution < 1.29 is 14.3 Å². The summed E-state index contributed by atoms with van der Waals surface area (Å²) in [5.74, 6) is -1.33. The van der Waals surface area contributed by atoms with Crippen molar-refractivity contribution in [1.82, 2.24) is 23.9 Å². The normalized spacial score (nSPS) is 10.9. The molecule has 4 aromatic rings. The molecule has 0 atom stereocenters. The van der Waals surface area contributed by atoms with Gasteiger partial charge in [0.15, 0.2) is 16.8 Å². The number of thioether (sulfide) groups is 1. The molecule has 0 fully saturated rings. The molecule has 0 radical (unpaired) electrons. The third kappa shape index (κ3) is 5.96. The van der Waals surface area contributed by atoms with Gasteiger partial charge in [0.05, 0.1) is 19.4 Å². The summed E-state index contributed by atoms with van der Waals surface area (Å²) in [6.45, 7) is 1.77. The van der Waals surface area contributed by atoms with Crippen LogP contribution < -0.4 is 17.0 Å². The number of anilines is 1. The summed E-state index contributed by atoms with van der Waals surface area (Å²) in [6.07, 6.45) is 0. The summed E-state index contributed by atoms with van der Waals surface area (Å²) in [4.78, 5) is 51.7. The van der Waals surface area contributed by atoms with Crippen LogP contribution in [0.2, 0.25) is 5.02 Å². The largest absolute Gasteiger partial charge is 0.468 e. The molecule has 0 aliphatic heterocycles. The molecule has 0 saturated carbocycles. The van der Waals surface area contributed by atoms with Crippen LogP contribution in [-0.4, -0.2) is 48.5 Å². The van der Waals surface area contributed by atoms with Gasteiger partial charge in [0.25, 0.3) is 5.56 Å². The van der Waals surface area contributed by atoms with Gasteiger partial charge in [-0.25, -0.2) is 9.36 Å². The van der Waals surface area contributed by atoms with Crippen LogP contribution in [0.15, 0.2) is 69.3 Å². The number of ether oxygens (including phenoxy) is 1. The molecule has 2 aromatic carbocycles. The zero-order chi connectivity index (χ0) is 28.1. The molecule has 0 saturated heterocycles. The van der Waals surface area contributed by atoms with E-state index in [0.29, 0.717) is 32.7 Å². The standard InChI is InChI=1S/C26H25ClN6O5S/c1-3-31-23(17-9-11-18(27)12-10-17)29-30-25(31)39-15-19(34)21-22(28)32(13-16-7-5-4-6-8-16)26(37)33(24(21)36)14-20(35)38-2/h4-12H,3,13-15,28H2,1-2H3. The summed E-state index contributed by atoms with van der Waals surface area (Å²) in [6, 6.07) is 16.1. The number of methoxy groups -OCH3 is 1. The van der Waals surface area contributed by atoms with E-state index in [2.05, 4.69) is 14.9 Å². The van der Waals surface area contributed by atoms with Gasteiger partial charge >= 0.3 is 11.7 Å². The zero-order valence-corrected chi connectivity index (χ0v) is 22.7. The van der Waals surface area contributed by atoms with E-state index in [9.17, 15) is 19.2 Å². The van der Waals surface area contributed by atoms with Gasteiger partial charge in [0.2, 0.25) is 0 Å². The maximum Gasteiger partial charge on any atom is 0.333 e. The molecule has 13 heteroatoms. The number of carbonyl (C=O) groups excluding carboxylic acids is 2. The highest BCUT2D eigenvalue weighted by Crippen LogP contribution is 2.26. The van der Waals surface area contributed by atoms with Crippen molar-refractivity contribution in [2.24, 2.45) is 0 Å². The Kier molecular flexibility index (Phi) is 8.67. The lowest BCUT2D eigenvalue weighted by molar-refractivity contribution is -0.141. The fraction of sp³-hybridized carbons (Fsp3) is 0.231. The Balaban J connectivity index is 1.69. The molecule has 2 heterocycles. The fourth-order valence-electron chi connectivity index (χ4n) is 3.92. The smallest absolute Gasteiger partial charge is 0.333 e. The molecule has 0 spiro atoms. The summed E-state index contributed by atoms with van der Waals surface area (Å²) in [7, 11) is 1.14. The number of nitrogens with two attached hydrogens (primary N) is 1. The highest BCUT2D eigenvalue weighted by atomic mass is 35.5. The first kappa shape index (κ1) is 27.9. The van der Waals surface area contributed by atoms with E-state index in [-0.39, 0.29) is 23.7 Å². The molecule has 202 valence electrons. The Morgan fingerprint density at radius 3 is 2.33 bits per heavy atom. The molecule has 39 heavy (non-hydrogen) atoms. The topological polar surface area (TPSA) is 144 Å². The van der Waals surface area contributed by atoms with Gasteiger partial charge in [-0.05, 0) is 36.8 Å². The van der Waals surface area contributed by atoms with Gasteiger partial charge < -0.3 is 15.0 Å². The molecule has 2 aromatic heterocycles. The van der Waals surface area contributed by atoms with E-state index >= 15 is 0 Å². The fourth-order valence-corrected chi connectivity index (χ4v) is 4.92. The van der Waals surface area contributed by atoms with Gasteiger partial charge in [-0.2, -0.15) is 0 Å². The number of nitrogen functional groups attached to an aromatic ring is 1. The van der Waals surface area contributed by atoms with Gasteiger partial charge in [-0.15, -0.1) is 10.2 Å². The van der Waals surface area contributed by atoms with E-state index < -0.39 is 29.5 Å². The van der Waals surface area contributed by atoms with Crippen molar-refractivity contribution in [2.75, 3.05) is 18.6 Å². The van der Waals surface area contributed by atoms with E-state index in [0.717, 1.165) is 29.0 Å². The molecular formula is C26H25ClN6O5S. The third-order valence-corrected chi connectivity index (χ3v) is 7.13. The SMILES string of the molecule is CCn1c(SCC(=O)c2c(N)n(Cc3ccccc3)c(=O)n(CC(=O)OC)c2=O)nnc1-c1ccc(Cl)cc1. The zero-order valence-electron chi connectivity index (χ0n) is 21.2. The monoisotopic (exact) mass is 568 g/mol. The second-order valence-corrected chi connectivity index (χ2v) is 9.73. The van der Waals surface area contributed by atoms with E-state index in [1.54, 1.807) is 36.4 Å². The average Bonchev–Trinajstić information content (AvgIpc) is 3.36. The number of carbonyl (C=O) groups is 2. The van der Waals surface area contributed by atoms with Gasteiger partial charge in [0.1, 0.15) is 17.9 Å². The number of nitrogens with zero attached hydrogens (tertiary/aromatic N) is 5. The highest BCUT2D eigenvalue weighted by molar-refractivity contribution is 7.99. The van der Waals surface area contributed by atoms with Crippen LogP contribution in [0, 0.1) is 0 Å². The van der Waals surface area contributed by atoms with Crippen molar-refractivity contribution in [1.29, 1.82) is 0 Å². The number of Topliss-reactive ketones (excluding diaryl/α,β-unsaturated/α-hetero) is 1. The van der Waals surface area contributed by atoms with Crippen LogP contribution in [0.25, 0.3) is 11.4 Å². The first-order valence-corrected chi connectivity index (χ1v) is 13.2. The van der Waals surface area contributed by atoms with E-state index in [4.69, 9.17) is 17.3 Å². The number of hydrogen-bond donors (Lipinski definition) is 1. The average molecular weight is 569 g/mol. The molecular weight excluding hydrogens is 544 g/mol. The molecule has 11 nitrogen and oxygen atoms in total. The molecule has 0 unspecified atom stereocenters. The number of ketones is 1. The highest BCUT2D eigenvalue weighted by Gasteiger charge is 2.25. The summed E-state index contributed by atoms with van der Waals surface area (Å²) in [5.41, 5.74) is 5.59. The molecule has 0 aliphatic carbocycles. The lowest BCUT2D eigenvalue weighted by Crippen LogP contribution is -2.45. The number of halogens is 1. The van der Waals surface area contributed by atoms with Crippen LogP contribution in [0.1, 0.15) is 22.8 Å². The van der Waals surface area contributed by atoms with Gasteiger partial charge in [0, 0.05) is 17.1 Å². The summed E-state index contributed by atoms with van der Waals surface area (Å²) < 4.78 is 8.23. The molecule has 0 aliphatic rings. The quantitative estimate of drug-likeness (QED) is 0.173. The second-order valence-electron chi connectivity index (χ2n) is 8.35.